The van der Waals surface area contributed by atoms with Crippen LogP contribution >= 0.6 is 22.7 Å². The molecule has 0 aliphatic carbocycles. The Kier molecular flexibility index (Phi) is 6.71. The second kappa shape index (κ2) is 9.63. The number of morpholine rings is 1. The Hall–Kier alpha value is -2.06. The van der Waals surface area contributed by atoms with E-state index in [1.165, 1.54) is 5.56 Å². The van der Waals surface area contributed by atoms with Gasteiger partial charge in [0.15, 0.2) is 5.13 Å². The maximum Gasteiger partial charge on any atom is 0.252 e. The molecule has 29 heavy (non-hydrogen) atoms. The van der Waals surface area contributed by atoms with Crippen molar-refractivity contribution >= 4 is 50.0 Å². The maximum atomic E-state index is 13.0. The number of thiazole rings is 1. The van der Waals surface area contributed by atoms with Gasteiger partial charge in [-0.25, -0.2) is 4.98 Å². The van der Waals surface area contributed by atoms with Crippen LogP contribution in [0.5, 0.6) is 0 Å². The lowest BCUT2D eigenvalue weighted by Crippen LogP contribution is -2.39. The Bertz CT molecular complexity index is 975. The molecule has 3 aromatic rings. The molecule has 1 aliphatic heterocycles. The molecule has 0 spiro atoms. The number of rotatable bonds is 7. The Balaban J connectivity index is 1.50. The fourth-order valence-corrected chi connectivity index (χ4v) is 5.06. The quantitative estimate of drug-likeness (QED) is 0.523. The molecular formula is C22H25N3O2S2. The molecule has 5 nitrogen and oxygen atoms in total. The van der Waals surface area contributed by atoms with Crippen LogP contribution in [0.1, 0.15) is 16.9 Å². The van der Waals surface area contributed by atoms with Crippen LogP contribution in [-0.4, -0.2) is 55.2 Å². The first-order valence-corrected chi connectivity index (χ1v) is 11.6. The third kappa shape index (κ3) is 5.30. The Labute approximate surface area is 179 Å². The standard InChI is InChI=1S/C22H25N3O2S2/c1-17-5-7-19-20(16-17)29-22(23-19)25(10-3-9-24-11-13-27-14-12-24)21(26)8-6-18-4-2-15-28-18/h2,4-8,15-16H,3,9-14H2,1H3. The lowest BCUT2D eigenvalue weighted by atomic mass is 10.2. The number of fused-ring (bicyclic) bond motifs is 1. The normalized spacial score (nSPS) is 15.3. The number of thiophene rings is 1. The first kappa shape index (κ1) is 20.2. The predicted octanol–water partition coefficient (Wildman–Crippen LogP) is 4.43. The molecule has 1 aromatic carbocycles. The second-order valence-corrected chi connectivity index (χ2v) is 9.10. The molecule has 3 heterocycles. The Morgan fingerprint density at radius 1 is 1.31 bits per heavy atom. The van der Waals surface area contributed by atoms with Gasteiger partial charge in [-0.3, -0.25) is 14.6 Å². The summed E-state index contributed by atoms with van der Waals surface area (Å²) in [5, 5.41) is 2.79. The molecule has 0 bridgehead atoms. The molecule has 2 aromatic heterocycles. The number of ether oxygens (including phenoxy) is 1. The van der Waals surface area contributed by atoms with E-state index in [2.05, 4.69) is 24.0 Å². The average molecular weight is 428 g/mol. The Morgan fingerprint density at radius 2 is 2.17 bits per heavy atom. The highest BCUT2D eigenvalue weighted by atomic mass is 32.1. The number of aryl methyl sites for hydroxylation is 1. The summed E-state index contributed by atoms with van der Waals surface area (Å²) in [6.07, 6.45) is 4.46. The van der Waals surface area contributed by atoms with Gasteiger partial charge < -0.3 is 4.74 Å². The van der Waals surface area contributed by atoms with Crippen molar-refractivity contribution in [3.05, 3.63) is 52.2 Å². The lowest BCUT2D eigenvalue weighted by Gasteiger charge is -2.27. The van der Waals surface area contributed by atoms with E-state index < -0.39 is 0 Å². The van der Waals surface area contributed by atoms with E-state index in [-0.39, 0.29) is 5.91 Å². The van der Waals surface area contributed by atoms with Gasteiger partial charge in [0, 0.05) is 37.1 Å². The van der Waals surface area contributed by atoms with Crippen LogP contribution in [0.2, 0.25) is 0 Å². The van der Waals surface area contributed by atoms with Crippen LogP contribution < -0.4 is 4.90 Å². The number of anilines is 1. The zero-order valence-electron chi connectivity index (χ0n) is 16.5. The molecule has 4 rings (SSSR count). The first-order valence-electron chi connectivity index (χ1n) is 9.89. The summed E-state index contributed by atoms with van der Waals surface area (Å²) in [4.78, 5) is 23.1. The van der Waals surface area contributed by atoms with Crippen LogP contribution in [0.15, 0.2) is 41.8 Å². The smallest absolute Gasteiger partial charge is 0.252 e. The summed E-state index contributed by atoms with van der Waals surface area (Å²) >= 11 is 3.21. The highest BCUT2D eigenvalue weighted by Gasteiger charge is 2.19. The number of amides is 1. The molecule has 7 heteroatoms. The average Bonchev–Trinajstić information content (AvgIpc) is 3.39. The van der Waals surface area contributed by atoms with Crippen molar-refractivity contribution in [3.63, 3.8) is 0 Å². The largest absolute Gasteiger partial charge is 0.379 e. The summed E-state index contributed by atoms with van der Waals surface area (Å²) in [7, 11) is 0. The molecular weight excluding hydrogens is 402 g/mol. The summed E-state index contributed by atoms with van der Waals surface area (Å²) in [6.45, 7) is 7.22. The molecule has 152 valence electrons. The number of aromatic nitrogens is 1. The topological polar surface area (TPSA) is 45.7 Å². The first-order chi connectivity index (χ1) is 14.2. The Morgan fingerprint density at radius 3 is 2.97 bits per heavy atom. The van der Waals surface area contributed by atoms with Gasteiger partial charge in [0.1, 0.15) is 0 Å². The molecule has 1 saturated heterocycles. The maximum absolute atomic E-state index is 13.0. The van der Waals surface area contributed by atoms with Crippen molar-refractivity contribution in [1.82, 2.24) is 9.88 Å². The van der Waals surface area contributed by atoms with Crippen LogP contribution in [0.25, 0.3) is 16.3 Å². The fourth-order valence-electron chi connectivity index (χ4n) is 3.34. The van der Waals surface area contributed by atoms with Crippen LogP contribution in [0, 0.1) is 6.92 Å². The lowest BCUT2D eigenvalue weighted by molar-refractivity contribution is -0.114. The van der Waals surface area contributed by atoms with E-state index >= 15 is 0 Å². The minimum absolute atomic E-state index is 0.0174. The van der Waals surface area contributed by atoms with E-state index in [9.17, 15) is 4.79 Å². The van der Waals surface area contributed by atoms with Crippen molar-refractivity contribution in [3.8, 4) is 0 Å². The summed E-state index contributed by atoms with van der Waals surface area (Å²) in [6, 6.07) is 10.2. The summed E-state index contributed by atoms with van der Waals surface area (Å²) in [5.41, 5.74) is 2.15. The van der Waals surface area contributed by atoms with E-state index in [0.717, 1.165) is 59.5 Å². The number of carbonyl (C=O) groups excluding carboxylic acids is 1. The SMILES string of the molecule is Cc1ccc2nc(N(CCCN3CCOCC3)C(=O)C=Cc3cccs3)sc2c1. The molecule has 1 fully saturated rings. The van der Waals surface area contributed by atoms with Crippen molar-refractivity contribution in [1.29, 1.82) is 0 Å². The molecule has 1 aliphatic rings. The van der Waals surface area contributed by atoms with Gasteiger partial charge in [-0.05, 0) is 48.6 Å². The minimum Gasteiger partial charge on any atom is -0.379 e. The van der Waals surface area contributed by atoms with Gasteiger partial charge in [-0.15, -0.1) is 11.3 Å². The molecule has 0 saturated carbocycles. The summed E-state index contributed by atoms with van der Waals surface area (Å²) in [5.74, 6) is -0.0174. The zero-order chi connectivity index (χ0) is 20.1. The highest BCUT2D eigenvalue weighted by Crippen LogP contribution is 2.30. The minimum atomic E-state index is -0.0174. The predicted molar refractivity (Wildman–Crippen MR) is 122 cm³/mol. The van der Waals surface area contributed by atoms with Gasteiger partial charge in [0.05, 0.1) is 23.4 Å². The van der Waals surface area contributed by atoms with Crippen molar-refractivity contribution in [2.24, 2.45) is 0 Å². The monoisotopic (exact) mass is 427 g/mol. The van der Waals surface area contributed by atoms with Gasteiger partial charge in [0.2, 0.25) is 0 Å². The number of carbonyl (C=O) groups is 1. The second-order valence-electron chi connectivity index (χ2n) is 7.11. The van der Waals surface area contributed by atoms with Crippen LogP contribution in [0.4, 0.5) is 5.13 Å². The van der Waals surface area contributed by atoms with Crippen LogP contribution in [0.3, 0.4) is 0 Å². The number of benzene rings is 1. The molecule has 0 radical (unpaired) electrons. The van der Waals surface area contributed by atoms with Crippen molar-refractivity contribution < 1.29 is 9.53 Å². The third-order valence-corrected chi connectivity index (χ3v) is 6.80. The number of hydrogen-bond donors (Lipinski definition) is 0. The third-order valence-electron chi connectivity index (χ3n) is 4.92. The molecule has 0 N–H and O–H groups in total. The van der Waals surface area contributed by atoms with Gasteiger partial charge in [-0.2, -0.15) is 0 Å². The van der Waals surface area contributed by atoms with Crippen LogP contribution in [-0.2, 0) is 9.53 Å². The van der Waals surface area contributed by atoms with E-state index in [1.54, 1.807) is 28.7 Å². The van der Waals surface area contributed by atoms with E-state index in [0.29, 0.717) is 6.54 Å². The molecule has 0 atom stereocenters. The van der Waals surface area contributed by atoms with Crippen molar-refractivity contribution in [2.75, 3.05) is 44.3 Å². The fraction of sp³-hybridized carbons (Fsp3) is 0.364. The van der Waals surface area contributed by atoms with E-state index in [4.69, 9.17) is 9.72 Å². The number of nitrogens with zero attached hydrogens (tertiary/aromatic N) is 3. The van der Waals surface area contributed by atoms with Gasteiger partial charge in [-0.1, -0.05) is 23.5 Å². The van der Waals surface area contributed by atoms with Crippen molar-refractivity contribution in [2.45, 2.75) is 13.3 Å². The molecule has 0 unspecified atom stereocenters. The number of hydrogen-bond acceptors (Lipinski definition) is 6. The van der Waals surface area contributed by atoms with E-state index in [1.807, 2.05) is 34.6 Å². The zero-order valence-corrected chi connectivity index (χ0v) is 18.2. The van der Waals surface area contributed by atoms with Gasteiger partial charge in [0.25, 0.3) is 5.91 Å². The summed E-state index contributed by atoms with van der Waals surface area (Å²) < 4.78 is 6.54. The van der Waals surface area contributed by atoms with Gasteiger partial charge >= 0.3 is 0 Å². The molecule has 1 amide bonds. The highest BCUT2D eigenvalue weighted by molar-refractivity contribution is 7.22.